The smallest absolute Gasteiger partial charge is 0.253 e. The van der Waals surface area contributed by atoms with Crippen LogP contribution in [0, 0.1) is 17.2 Å². The summed E-state index contributed by atoms with van der Waals surface area (Å²) in [6.45, 7) is 3.86. The number of anilines is 1. The fourth-order valence-electron chi connectivity index (χ4n) is 2.68. The predicted molar refractivity (Wildman–Crippen MR) is 92.1 cm³/mol. The Morgan fingerprint density at radius 1 is 1.36 bits per heavy atom. The van der Waals surface area contributed by atoms with E-state index in [9.17, 15) is 4.79 Å². The minimum Gasteiger partial charge on any atom is -0.360 e. The second-order valence-corrected chi connectivity index (χ2v) is 6.10. The van der Waals surface area contributed by atoms with Gasteiger partial charge in [0.25, 0.3) is 5.91 Å². The molecule has 0 aliphatic carbocycles. The number of rotatable bonds is 4. The molecule has 1 saturated heterocycles. The molecule has 0 bridgehead atoms. The van der Waals surface area contributed by atoms with E-state index >= 15 is 0 Å². The van der Waals surface area contributed by atoms with Crippen LogP contribution < -0.4 is 5.32 Å². The van der Waals surface area contributed by atoms with Gasteiger partial charge < -0.3 is 10.2 Å². The van der Waals surface area contributed by atoms with Crippen LogP contribution in [0.25, 0.3) is 5.57 Å². The number of allylic oxidation sites excluding steroid dienone is 1. The number of H-pyrrole nitrogens is 1. The van der Waals surface area contributed by atoms with E-state index in [-0.39, 0.29) is 17.3 Å². The number of hydrogen-bond acceptors (Lipinski definition) is 6. The topological polar surface area (TPSA) is 111 Å². The van der Waals surface area contributed by atoms with Crippen molar-refractivity contribution in [1.82, 2.24) is 25.5 Å². The van der Waals surface area contributed by atoms with Gasteiger partial charge in [-0.15, -0.1) is 10.2 Å². The van der Waals surface area contributed by atoms with Crippen LogP contribution in [0.2, 0.25) is 0 Å². The minimum atomic E-state index is 0.0681. The predicted octanol–water partition coefficient (Wildman–Crippen LogP) is 2.05. The Morgan fingerprint density at radius 2 is 2.08 bits per heavy atom. The van der Waals surface area contributed by atoms with E-state index in [0.717, 1.165) is 31.6 Å². The molecule has 8 heteroatoms. The Balaban J connectivity index is 1.64. The lowest BCUT2D eigenvalue weighted by molar-refractivity contribution is 0.0697. The number of tetrazole rings is 1. The minimum absolute atomic E-state index is 0.0681. The monoisotopic (exact) mass is 337 g/mol. The van der Waals surface area contributed by atoms with Crippen LogP contribution in [0.3, 0.4) is 0 Å². The lowest BCUT2D eigenvalue weighted by atomic mass is 9.98. The summed E-state index contributed by atoms with van der Waals surface area (Å²) in [6.07, 6.45) is 3.63. The van der Waals surface area contributed by atoms with Gasteiger partial charge in [0.15, 0.2) is 0 Å². The van der Waals surface area contributed by atoms with Crippen molar-refractivity contribution >= 4 is 17.2 Å². The molecular weight excluding hydrogens is 318 g/mol. The first-order valence-corrected chi connectivity index (χ1v) is 8.17. The highest BCUT2D eigenvalue weighted by molar-refractivity contribution is 5.94. The van der Waals surface area contributed by atoms with E-state index in [2.05, 4.69) is 32.9 Å². The molecule has 1 fully saturated rings. The number of amides is 1. The Morgan fingerprint density at radius 3 is 2.68 bits per heavy atom. The van der Waals surface area contributed by atoms with Crippen molar-refractivity contribution in [2.75, 3.05) is 18.4 Å². The standard InChI is InChI=1S/C17H19N7O/c1-12-6-8-24(9-7-12)17(25)13-2-4-15(5-3-13)19-11-14(10-18)16-20-22-23-21-16/h2-5,11-12,19H,6-9H2,1H3,(H,20,21,22,23). The van der Waals surface area contributed by atoms with Crippen LogP contribution in [-0.2, 0) is 0 Å². The van der Waals surface area contributed by atoms with Gasteiger partial charge in [-0.1, -0.05) is 6.92 Å². The summed E-state index contributed by atoms with van der Waals surface area (Å²) in [7, 11) is 0. The summed E-state index contributed by atoms with van der Waals surface area (Å²) in [5, 5.41) is 25.4. The van der Waals surface area contributed by atoms with Crippen molar-refractivity contribution in [2.45, 2.75) is 19.8 Å². The third-order valence-electron chi connectivity index (χ3n) is 4.29. The molecule has 2 N–H and O–H groups in total. The maximum absolute atomic E-state index is 12.5. The largest absolute Gasteiger partial charge is 0.360 e. The van der Waals surface area contributed by atoms with Crippen molar-refractivity contribution in [3.8, 4) is 6.07 Å². The lowest BCUT2D eigenvalue weighted by Crippen LogP contribution is -2.37. The molecular formula is C17H19N7O. The number of aromatic amines is 1. The molecule has 128 valence electrons. The Labute approximate surface area is 145 Å². The van der Waals surface area contributed by atoms with E-state index in [1.807, 2.05) is 23.1 Å². The number of benzene rings is 1. The normalized spacial score (nSPS) is 15.7. The number of likely N-dealkylation sites (tertiary alicyclic amines) is 1. The molecule has 1 aliphatic rings. The fourth-order valence-corrected chi connectivity index (χ4v) is 2.68. The Kier molecular flexibility index (Phi) is 5.04. The van der Waals surface area contributed by atoms with Crippen LogP contribution >= 0.6 is 0 Å². The Hall–Kier alpha value is -3.21. The molecule has 1 aromatic carbocycles. The van der Waals surface area contributed by atoms with Crippen LogP contribution in [0.1, 0.15) is 35.9 Å². The maximum Gasteiger partial charge on any atom is 0.253 e. The summed E-state index contributed by atoms with van der Waals surface area (Å²) < 4.78 is 0. The van der Waals surface area contributed by atoms with Crippen molar-refractivity contribution in [2.24, 2.45) is 5.92 Å². The highest BCUT2D eigenvalue weighted by Crippen LogP contribution is 2.19. The van der Waals surface area contributed by atoms with E-state index < -0.39 is 0 Å². The summed E-state index contributed by atoms with van der Waals surface area (Å²) in [4.78, 5) is 14.4. The average molecular weight is 337 g/mol. The van der Waals surface area contributed by atoms with Gasteiger partial charge in [-0.05, 0) is 48.2 Å². The first-order chi connectivity index (χ1) is 12.2. The van der Waals surface area contributed by atoms with E-state index in [0.29, 0.717) is 11.5 Å². The second kappa shape index (κ2) is 7.57. The fraction of sp³-hybridized carbons (Fsp3) is 0.353. The molecule has 0 radical (unpaired) electrons. The highest BCUT2D eigenvalue weighted by Gasteiger charge is 2.21. The van der Waals surface area contributed by atoms with E-state index in [4.69, 9.17) is 5.26 Å². The average Bonchev–Trinajstić information content (AvgIpc) is 3.17. The maximum atomic E-state index is 12.5. The van der Waals surface area contributed by atoms with E-state index in [1.165, 1.54) is 6.20 Å². The molecule has 2 aromatic rings. The van der Waals surface area contributed by atoms with Gasteiger partial charge in [-0.25, -0.2) is 0 Å². The van der Waals surface area contributed by atoms with E-state index in [1.54, 1.807) is 12.1 Å². The quantitative estimate of drug-likeness (QED) is 0.826. The summed E-state index contributed by atoms with van der Waals surface area (Å²) in [5.41, 5.74) is 1.69. The first kappa shape index (κ1) is 16.6. The number of aromatic nitrogens is 4. The van der Waals surface area contributed by atoms with Crippen molar-refractivity contribution in [1.29, 1.82) is 5.26 Å². The molecule has 0 spiro atoms. The zero-order chi connectivity index (χ0) is 17.6. The van der Waals surface area contributed by atoms with Gasteiger partial charge in [0, 0.05) is 30.5 Å². The molecule has 0 unspecified atom stereocenters. The summed E-state index contributed by atoms with van der Waals surface area (Å²) >= 11 is 0. The Bertz CT molecular complexity index is 781. The zero-order valence-corrected chi connectivity index (χ0v) is 13.9. The van der Waals surface area contributed by atoms with Gasteiger partial charge in [0.2, 0.25) is 5.82 Å². The number of piperidine rings is 1. The SMILES string of the molecule is CC1CCN(C(=O)c2ccc(NC=C(C#N)c3nn[nH]n3)cc2)CC1. The molecule has 0 atom stereocenters. The third-order valence-corrected chi connectivity index (χ3v) is 4.29. The zero-order valence-electron chi connectivity index (χ0n) is 13.9. The van der Waals surface area contributed by atoms with Crippen molar-refractivity contribution < 1.29 is 4.79 Å². The number of nitrogens with zero attached hydrogens (tertiary/aromatic N) is 5. The summed E-state index contributed by atoms with van der Waals surface area (Å²) in [5.74, 6) is 0.982. The molecule has 8 nitrogen and oxygen atoms in total. The van der Waals surface area contributed by atoms with Crippen LogP contribution in [0.15, 0.2) is 30.5 Å². The summed E-state index contributed by atoms with van der Waals surface area (Å²) in [6, 6.07) is 9.20. The molecule has 25 heavy (non-hydrogen) atoms. The highest BCUT2D eigenvalue weighted by atomic mass is 16.2. The van der Waals surface area contributed by atoms with Crippen LogP contribution in [0.5, 0.6) is 0 Å². The van der Waals surface area contributed by atoms with Crippen molar-refractivity contribution in [3.05, 3.63) is 41.9 Å². The number of nitrogens with one attached hydrogen (secondary N) is 2. The molecule has 0 saturated carbocycles. The first-order valence-electron chi connectivity index (χ1n) is 8.17. The van der Waals surface area contributed by atoms with Gasteiger partial charge in [-0.3, -0.25) is 4.79 Å². The number of hydrogen-bond donors (Lipinski definition) is 2. The van der Waals surface area contributed by atoms with Gasteiger partial charge in [0.1, 0.15) is 11.6 Å². The van der Waals surface area contributed by atoms with Crippen LogP contribution in [0.4, 0.5) is 5.69 Å². The number of carbonyl (C=O) groups excluding carboxylic acids is 1. The van der Waals surface area contributed by atoms with Gasteiger partial charge >= 0.3 is 0 Å². The third kappa shape index (κ3) is 4.01. The molecule has 2 heterocycles. The van der Waals surface area contributed by atoms with Gasteiger partial charge in [-0.2, -0.15) is 10.5 Å². The molecule has 3 rings (SSSR count). The number of nitriles is 1. The van der Waals surface area contributed by atoms with Crippen molar-refractivity contribution in [3.63, 3.8) is 0 Å². The number of carbonyl (C=O) groups is 1. The molecule has 1 aromatic heterocycles. The lowest BCUT2D eigenvalue weighted by Gasteiger charge is -2.30. The molecule has 1 amide bonds. The van der Waals surface area contributed by atoms with Gasteiger partial charge in [0.05, 0.1) is 0 Å². The molecule has 1 aliphatic heterocycles. The second-order valence-electron chi connectivity index (χ2n) is 6.10. The van der Waals surface area contributed by atoms with Crippen LogP contribution in [-0.4, -0.2) is 44.5 Å².